The summed E-state index contributed by atoms with van der Waals surface area (Å²) in [6.45, 7) is 0. The van der Waals surface area contributed by atoms with Crippen LogP contribution in [0.1, 0.15) is 12.8 Å². The topological polar surface area (TPSA) is 42.9 Å². The van der Waals surface area contributed by atoms with E-state index in [-0.39, 0.29) is 0 Å². The summed E-state index contributed by atoms with van der Waals surface area (Å²) in [6, 6.07) is 7.80. The average molecular weight is 264 g/mol. The summed E-state index contributed by atoms with van der Waals surface area (Å²) in [5.41, 5.74) is 1.90. The zero-order valence-corrected chi connectivity index (χ0v) is 10.8. The maximum Gasteiger partial charge on any atom is 0.199 e. The molecule has 2 heterocycles. The molecule has 0 aliphatic carbocycles. The minimum Gasteiger partial charge on any atom is -0.286 e. The molecule has 0 saturated carbocycles. The van der Waals surface area contributed by atoms with Crippen molar-refractivity contribution in [2.75, 3.05) is 5.75 Å². The normalized spacial score (nSPS) is 15.2. The highest BCUT2D eigenvalue weighted by molar-refractivity contribution is 8.82. The van der Waals surface area contributed by atoms with Crippen molar-refractivity contribution >= 4 is 37.7 Å². The Morgan fingerprint density at radius 3 is 2.12 bits per heavy atom. The molecule has 1 aromatic heterocycles. The summed E-state index contributed by atoms with van der Waals surface area (Å²) < 4.78 is 0. The third-order valence-corrected chi connectivity index (χ3v) is 4.51. The molecule has 3 rings (SSSR count). The van der Waals surface area contributed by atoms with E-state index in [0.717, 1.165) is 29.6 Å². The van der Waals surface area contributed by atoms with Gasteiger partial charge in [0.1, 0.15) is 0 Å². The molecule has 0 atom stereocenters. The summed E-state index contributed by atoms with van der Waals surface area (Å²) in [6.07, 6.45) is 5.26. The fourth-order valence-corrected chi connectivity index (χ4v) is 3.29. The molecule has 1 aliphatic heterocycles. The lowest BCUT2D eigenvalue weighted by Crippen LogP contribution is -1.95. The van der Waals surface area contributed by atoms with Crippen LogP contribution in [-0.4, -0.2) is 20.8 Å². The fourth-order valence-electron chi connectivity index (χ4n) is 1.33. The molecule has 0 unspecified atom stereocenters. The Bertz CT molecular complexity index is 431. The molecule has 0 amide bonds. The third-order valence-electron chi connectivity index (χ3n) is 2.14. The van der Waals surface area contributed by atoms with Crippen molar-refractivity contribution in [3.05, 3.63) is 36.7 Å². The molecule has 88 valence electrons. The molecule has 0 spiro atoms. The lowest BCUT2D eigenvalue weighted by molar-refractivity contribution is -0.110. The van der Waals surface area contributed by atoms with Gasteiger partial charge in [0.05, 0.1) is 11.0 Å². The molecule has 0 bridgehead atoms. The minimum absolute atomic E-state index is 0.344. The largest absolute Gasteiger partial charge is 0.286 e. The SMILES string of the molecule is O=C1CCCSS1.c1ccc2nccnc2c1. The number of hydrogen-bond donors (Lipinski definition) is 0. The van der Waals surface area contributed by atoms with Gasteiger partial charge in [-0.2, -0.15) is 0 Å². The Morgan fingerprint density at radius 1 is 1.06 bits per heavy atom. The highest BCUT2D eigenvalue weighted by Gasteiger charge is 2.07. The van der Waals surface area contributed by atoms with Gasteiger partial charge < -0.3 is 0 Å². The third kappa shape index (κ3) is 4.02. The van der Waals surface area contributed by atoms with Gasteiger partial charge in [0.25, 0.3) is 0 Å². The monoisotopic (exact) mass is 264 g/mol. The van der Waals surface area contributed by atoms with Crippen LogP contribution >= 0.6 is 21.6 Å². The van der Waals surface area contributed by atoms with Crippen LogP contribution in [0.4, 0.5) is 0 Å². The smallest absolute Gasteiger partial charge is 0.199 e. The summed E-state index contributed by atoms with van der Waals surface area (Å²) in [4.78, 5) is 18.6. The van der Waals surface area contributed by atoms with E-state index in [1.165, 1.54) is 10.8 Å². The predicted octanol–water partition coefficient (Wildman–Crippen LogP) is 3.32. The van der Waals surface area contributed by atoms with Gasteiger partial charge in [0, 0.05) is 24.6 Å². The Kier molecular flexibility index (Phi) is 4.82. The summed E-state index contributed by atoms with van der Waals surface area (Å²) in [5, 5.41) is 0.344. The molecule has 5 heteroatoms. The summed E-state index contributed by atoms with van der Waals surface area (Å²) in [7, 11) is 3.07. The molecule has 17 heavy (non-hydrogen) atoms. The standard InChI is InChI=1S/C8H6N2.C4H6OS2/c1-2-4-8-7(3-1)9-5-6-10-8;5-4-2-1-3-6-7-4/h1-6H;1-3H2. The number of nitrogens with zero attached hydrogens (tertiary/aromatic N) is 2. The van der Waals surface area contributed by atoms with Crippen LogP contribution < -0.4 is 0 Å². The Balaban J connectivity index is 0.000000136. The van der Waals surface area contributed by atoms with Gasteiger partial charge in [0.2, 0.25) is 0 Å². The van der Waals surface area contributed by atoms with E-state index >= 15 is 0 Å². The van der Waals surface area contributed by atoms with Crippen LogP contribution in [0.3, 0.4) is 0 Å². The Morgan fingerprint density at radius 2 is 1.71 bits per heavy atom. The number of hydrogen-bond acceptors (Lipinski definition) is 5. The van der Waals surface area contributed by atoms with E-state index in [4.69, 9.17) is 0 Å². The van der Waals surface area contributed by atoms with Crippen molar-refractivity contribution in [1.29, 1.82) is 0 Å². The highest BCUT2D eigenvalue weighted by Crippen LogP contribution is 2.29. The van der Waals surface area contributed by atoms with Crippen LogP contribution in [0, 0.1) is 0 Å². The van der Waals surface area contributed by atoms with E-state index < -0.39 is 0 Å². The zero-order valence-electron chi connectivity index (χ0n) is 9.20. The predicted molar refractivity (Wildman–Crippen MR) is 73.8 cm³/mol. The van der Waals surface area contributed by atoms with E-state index in [2.05, 4.69) is 9.97 Å². The second-order valence-electron chi connectivity index (χ2n) is 3.43. The Labute approximate surface area is 108 Å². The van der Waals surface area contributed by atoms with Crippen LogP contribution in [0.25, 0.3) is 11.0 Å². The first-order valence-electron chi connectivity index (χ1n) is 5.34. The van der Waals surface area contributed by atoms with Gasteiger partial charge in [-0.1, -0.05) is 22.9 Å². The van der Waals surface area contributed by atoms with Crippen molar-refractivity contribution in [2.45, 2.75) is 12.8 Å². The first kappa shape index (κ1) is 12.4. The maximum absolute atomic E-state index is 10.4. The van der Waals surface area contributed by atoms with Crippen molar-refractivity contribution in [2.24, 2.45) is 0 Å². The van der Waals surface area contributed by atoms with Gasteiger partial charge in [-0.15, -0.1) is 0 Å². The first-order chi connectivity index (χ1) is 8.36. The minimum atomic E-state index is 0.344. The van der Waals surface area contributed by atoms with Crippen LogP contribution in [-0.2, 0) is 4.79 Å². The van der Waals surface area contributed by atoms with Crippen molar-refractivity contribution in [3.63, 3.8) is 0 Å². The molecule has 1 aliphatic rings. The van der Waals surface area contributed by atoms with Crippen LogP contribution in [0.5, 0.6) is 0 Å². The van der Waals surface area contributed by atoms with Crippen molar-refractivity contribution in [1.82, 2.24) is 9.97 Å². The number of carbonyl (C=O) groups is 1. The van der Waals surface area contributed by atoms with Gasteiger partial charge in [0.15, 0.2) is 5.12 Å². The fraction of sp³-hybridized carbons (Fsp3) is 0.250. The second kappa shape index (κ2) is 6.61. The van der Waals surface area contributed by atoms with E-state index in [9.17, 15) is 4.79 Å². The highest BCUT2D eigenvalue weighted by atomic mass is 33.1. The van der Waals surface area contributed by atoms with E-state index in [0.29, 0.717) is 5.12 Å². The van der Waals surface area contributed by atoms with E-state index in [1.807, 2.05) is 24.3 Å². The van der Waals surface area contributed by atoms with Crippen molar-refractivity contribution < 1.29 is 4.79 Å². The van der Waals surface area contributed by atoms with E-state index in [1.54, 1.807) is 23.2 Å². The van der Waals surface area contributed by atoms with Gasteiger partial charge in [-0.25, -0.2) is 0 Å². The van der Waals surface area contributed by atoms with Gasteiger partial charge >= 0.3 is 0 Å². The second-order valence-corrected chi connectivity index (χ2v) is 5.90. The molecule has 1 fully saturated rings. The Hall–Kier alpha value is -1.07. The average Bonchev–Trinajstić information content (AvgIpc) is 2.41. The number of fused-ring (bicyclic) bond motifs is 1. The van der Waals surface area contributed by atoms with Crippen LogP contribution in [0.15, 0.2) is 36.7 Å². The van der Waals surface area contributed by atoms with Crippen molar-refractivity contribution in [3.8, 4) is 0 Å². The molecule has 0 N–H and O–H groups in total. The van der Waals surface area contributed by atoms with Gasteiger partial charge in [-0.3, -0.25) is 14.8 Å². The molecule has 2 aromatic rings. The molecule has 1 saturated heterocycles. The molecule has 3 nitrogen and oxygen atoms in total. The zero-order chi connectivity index (χ0) is 11.9. The van der Waals surface area contributed by atoms with Crippen LogP contribution in [0.2, 0.25) is 0 Å². The number of benzene rings is 1. The maximum atomic E-state index is 10.4. The quantitative estimate of drug-likeness (QED) is 0.683. The summed E-state index contributed by atoms with van der Waals surface area (Å²) >= 11 is 0. The number of aromatic nitrogens is 2. The summed E-state index contributed by atoms with van der Waals surface area (Å²) in [5.74, 6) is 1.15. The molecular weight excluding hydrogens is 252 g/mol. The number of carbonyl (C=O) groups excluding carboxylic acids is 1. The molecular formula is C12H12N2OS2. The van der Waals surface area contributed by atoms with Gasteiger partial charge in [-0.05, 0) is 29.3 Å². The lowest BCUT2D eigenvalue weighted by atomic mass is 10.3. The molecule has 0 radical (unpaired) electrons. The number of para-hydroxylation sites is 2. The first-order valence-corrected chi connectivity index (χ1v) is 7.66. The molecule has 1 aromatic carbocycles. The lowest BCUT2D eigenvalue weighted by Gasteiger charge is -2.03. The number of rotatable bonds is 0.